The van der Waals surface area contributed by atoms with Crippen LogP contribution in [0.4, 0.5) is 11.4 Å². The van der Waals surface area contributed by atoms with Crippen LogP contribution in [0.1, 0.15) is 19.4 Å². The number of aryl methyl sites for hydroxylation is 1. The van der Waals surface area contributed by atoms with E-state index in [0.29, 0.717) is 6.54 Å². The SMILES string of the molecule is CCN(C)C(=O)C(C)Nc1ccc(N)cc1C. The highest BCUT2D eigenvalue weighted by molar-refractivity contribution is 5.84. The molecule has 1 aromatic carbocycles. The van der Waals surface area contributed by atoms with Crippen LogP contribution >= 0.6 is 0 Å². The third-order valence-corrected chi connectivity index (χ3v) is 2.84. The number of nitrogens with one attached hydrogen (secondary N) is 1. The number of hydrogen-bond donors (Lipinski definition) is 2. The minimum Gasteiger partial charge on any atom is -0.399 e. The van der Waals surface area contributed by atoms with E-state index in [4.69, 9.17) is 5.73 Å². The summed E-state index contributed by atoms with van der Waals surface area (Å²) >= 11 is 0. The summed E-state index contributed by atoms with van der Waals surface area (Å²) in [5, 5.41) is 3.21. The molecule has 0 heterocycles. The summed E-state index contributed by atoms with van der Waals surface area (Å²) in [6.45, 7) is 6.51. The maximum atomic E-state index is 11.9. The number of amides is 1. The van der Waals surface area contributed by atoms with Crippen LogP contribution in [-0.4, -0.2) is 30.4 Å². The quantitative estimate of drug-likeness (QED) is 0.783. The summed E-state index contributed by atoms with van der Waals surface area (Å²) < 4.78 is 0. The molecule has 0 aliphatic carbocycles. The lowest BCUT2D eigenvalue weighted by molar-refractivity contribution is -0.130. The minimum atomic E-state index is -0.234. The molecule has 1 amide bonds. The Hall–Kier alpha value is -1.71. The largest absolute Gasteiger partial charge is 0.399 e. The van der Waals surface area contributed by atoms with Crippen LogP contribution in [-0.2, 0) is 4.79 Å². The van der Waals surface area contributed by atoms with Gasteiger partial charge in [0.1, 0.15) is 6.04 Å². The average molecular weight is 235 g/mol. The molecule has 1 unspecified atom stereocenters. The topological polar surface area (TPSA) is 58.4 Å². The lowest BCUT2D eigenvalue weighted by Gasteiger charge is -2.22. The normalized spacial score (nSPS) is 12.0. The standard InChI is InChI=1S/C13H21N3O/c1-5-16(4)13(17)10(3)15-12-7-6-11(14)8-9(12)2/h6-8,10,15H,5,14H2,1-4H3. The molecule has 17 heavy (non-hydrogen) atoms. The summed E-state index contributed by atoms with van der Waals surface area (Å²) in [5.74, 6) is 0.0868. The molecule has 0 fully saturated rings. The van der Waals surface area contributed by atoms with E-state index < -0.39 is 0 Å². The Morgan fingerprint density at radius 2 is 2.18 bits per heavy atom. The van der Waals surface area contributed by atoms with Crippen molar-refractivity contribution in [1.29, 1.82) is 0 Å². The Bertz CT molecular complexity index is 404. The van der Waals surface area contributed by atoms with Gasteiger partial charge in [-0.05, 0) is 44.5 Å². The third-order valence-electron chi connectivity index (χ3n) is 2.84. The highest BCUT2D eigenvalue weighted by Gasteiger charge is 2.16. The van der Waals surface area contributed by atoms with E-state index in [2.05, 4.69) is 5.32 Å². The first kappa shape index (κ1) is 13.4. The van der Waals surface area contributed by atoms with Crippen molar-refractivity contribution in [3.05, 3.63) is 23.8 Å². The fraction of sp³-hybridized carbons (Fsp3) is 0.462. The lowest BCUT2D eigenvalue weighted by atomic mass is 10.1. The smallest absolute Gasteiger partial charge is 0.244 e. The monoisotopic (exact) mass is 235 g/mol. The van der Waals surface area contributed by atoms with Gasteiger partial charge in [0.05, 0.1) is 0 Å². The summed E-state index contributed by atoms with van der Waals surface area (Å²) in [5.41, 5.74) is 8.41. The van der Waals surface area contributed by atoms with E-state index in [-0.39, 0.29) is 11.9 Å². The Morgan fingerprint density at radius 3 is 2.71 bits per heavy atom. The van der Waals surface area contributed by atoms with E-state index in [9.17, 15) is 4.79 Å². The minimum absolute atomic E-state index is 0.0868. The molecule has 94 valence electrons. The molecule has 0 aromatic heterocycles. The number of rotatable bonds is 4. The molecule has 0 spiro atoms. The highest BCUT2D eigenvalue weighted by atomic mass is 16.2. The number of nitrogen functional groups attached to an aromatic ring is 1. The Morgan fingerprint density at radius 1 is 1.53 bits per heavy atom. The molecule has 0 aliphatic heterocycles. The molecule has 1 rings (SSSR count). The van der Waals surface area contributed by atoms with Crippen molar-refractivity contribution in [2.75, 3.05) is 24.6 Å². The van der Waals surface area contributed by atoms with Gasteiger partial charge in [-0.15, -0.1) is 0 Å². The number of nitrogens with zero attached hydrogens (tertiary/aromatic N) is 1. The maximum absolute atomic E-state index is 11.9. The van der Waals surface area contributed by atoms with Crippen molar-refractivity contribution in [3.63, 3.8) is 0 Å². The number of carbonyl (C=O) groups excluding carboxylic acids is 1. The molecule has 4 heteroatoms. The van der Waals surface area contributed by atoms with Crippen molar-refractivity contribution in [2.24, 2.45) is 0 Å². The zero-order valence-electron chi connectivity index (χ0n) is 10.9. The number of anilines is 2. The van der Waals surface area contributed by atoms with Gasteiger partial charge in [0.2, 0.25) is 5.91 Å². The zero-order chi connectivity index (χ0) is 13.0. The molecule has 0 radical (unpaired) electrons. The van der Waals surface area contributed by atoms with Gasteiger partial charge in [0.15, 0.2) is 0 Å². The Kier molecular flexibility index (Phi) is 4.37. The second-order valence-corrected chi connectivity index (χ2v) is 4.29. The fourth-order valence-electron chi connectivity index (χ4n) is 1.63. The molecule has 0 saturated carbocycles. The maximum Gasteiger partial charge on any atom is 0.244 e. The summed E-state index contributed by atoms with van der Waals surface area (Å²) in [4.78, 5) is 13.6. The summed E-state index contributed by atoms with van der Waals surface area (Å²) in [6, 6.07) is 5.39. The van der Waals surface area contributed by atoms with Crippen molar-refractivity contribution in [1.82, 2.24) is 4.90 Å². The summed E-state index contributed by atoms with van der Waals surface area (Å²) in [7, 11) is 1.80. The second kappa shape index (κ2) is 5.57. The van der Waals surface area contributed by atoms with Gasteiger partial charge in [-0.25, -0.2) is 0 Å². The van der Waals surface area contributed by atoms with Gasteiger partial charge in [-0.3, -0.25) is 4.79 Å². The van der Waals surface area contributed by atoms with Crippen LogP contribution in [0.25, 0.3) is 0 Å². The van der Waals surface area contributed by atoms with E-state index >= 15 is 0 Å². The number of carbonyl (C=O) groups is 1. The average Bonchev–Trinajstić information content (AvgIpc) is 2.30. The summed E-state index contributed by atoms with van der Waals surface area (Å²) in [6.07, 6.45) is 0. The first-order valence-corrected chi connectivity index (χ1v) is 5.83. The van der Waals surface area contributed by atoms with Crippen LogP contribution in [0.2, 0.25) is 0 Å². The molecule has 0 saturated heterocycles. The van der Waals surface area contributed by atoms with E-state index in [0.717, 1.165) is 16.9 Å². The predicted molar refractivity (Wildman–Crippen MR) is 72.0 cm³/mol. The van der Waals surface area contributed by atoms with Gasteiger partial charge in [-0.2, -0.15) is 0 Å². The first-order chi connectivity index (χ1) is 7.95. The molecular weight excluding hydrogens is 214 g/mol. The number of nitrogens with two attached hydrogens (primary N) is 1. The second-order valence-electron chi connectivity index (χ2n) is 4.29. The van der Waals surface area contributed by atoms with Crippen LogP contribution in [0.15, 0.2) is 18.2 Å². The molecular formula is C13H21N3O. The molecule has 0 aliphatic rings. The first-order valence-electron chi connectivity index (χ1n) is 5.83. The Labute approximate surface area is 103 Å². The van der Waals surface area contributed by atoms with Crippen LogP contribution < -0.4 is 11.1 Å². The van der Waals surface area contributed by atoms with Crippen LogP contribution in [0, 0.1) is 6.92 Å². The third kappa shape index (κ3) is 3.37. The van der Waals surface area contributed by atoms with Crippen LogP contribution in [0.5, 0.6) is 0 Å². The van der Waals surface area contributed by atoms with Crippen molar-refractivity contribution >= 4 is 17.3 Å². The number of benzene rings is 1. The highest BCUT2D eigenvalue weighted by Crippen LogP contribution is 2.18. The van der Waals surface area contributed by atoms with Crippen LogP contribution in [0.3, 0.4) is 0 Å². The van der Waals surface area contributed by atoms with Gasteiger partial charge in [0, 0.05) is 25.0 Å². The molecule has 4 nitrogen and oxygen atoms in total. The van der Waals surface area contributed by atoms with E-state index in [1.165, 1.54) is 0 Å². The number of likely N-dealkylation sites (N-methyl/N-ethyl adjacent to an activating group) is 1. The van der Waals surface area contributed by atoms with Crippen molar-refractivity contribution in [3.8, 4) is 0 Å². The zero-order valence-corrected chi connectivity index (χ0v) is 10.9. The van der Waals surface area contributed by atoms with Gasteiger partial charge < -0.3 is 16.0 Å². The lowest BCUT2D eigenvalue weighted by Crippen LogP contribution is -2.38. The van der Waals surface area contributed by atoms with E-state index in [1.807, 2.05) is 39.0 Å². The van der Waals surface area contributed by atoms with Gasteiger partial charge in [-0.1, -0.05) is 0 Å². The van der Waals surface area contributed by atoms with Crippen molar-refractivity contribution < 1.29 is 4.79 Å². The number of hydrogen-bond acceptors (Lipinski definition) is 3. The molecule has 3 N–H and O–H groups in total. The molecule has 1 atom stereocenters. The van der Waals surface area contributed by atoms with E-state index in [1.54, 1.807) is 11.9 Å². The Balaban J connectivity index is 2.74. The van der Waals surface area contributed by atoms with Crippen molar-refractivity contribution in [2.45, 2.75) is 26.8 Å². The predicted octanol–water partition coefficient (Wildman–Crippen LogP) is 1.86. The van der Waals surface area contributed by atoms with Gasteiger partial charge >= 0.3 is 0 Å². The fourth-order valence-corrected chi connectivity index (χ4v) is 1.63. The van der Waals surface area contributed by atoms with Gasteiger partial charge in [0.25, 0.3) is 0 Å². The molecule has 0 bridgehead atoms. The molecule has 1 aromatic rings.